The maximum absolute atomic E-state index is 6.85. The van der Waals surface area contributed by atoms with Gasteiger partial charge in [0.25, 0.3) is 0 Å². The van der Waals surface area contributed by atoms with Crippen molar-refractivity contribution < 1.29 is 0 Å². The minimum absolute atomic E-state index is 0.848. The van der Waals surface area contributed by atoms with Gasteiger partial charge in [-0.05, 0) is 13.0 Å². The zero-order chi connectivity index (χ0) is 6.69. The number of hydrogen-bond donors (Lipinski definition) is 1. The van der Waals surface area contributed by atoms with Gasteiger partial charge in [0.1, 0.15) is 0 Å². The van der Waals surface area contributed by atoms with E-state index in [1.165, 1.54) is 6.21 Å². The molecule has 0 bridgehead atoms. The largest absolute Gasteiger partial charge is 0.308 e. The first-order chi connectivity index (χ1) is 4.33. The second-order valence-corrected chi connectivity index (χ2v) is 1.88. The molecule has 0 aliphatic carbocycles. The molecule has 9 heavy (non-hydrogen) atoms. The lowest BCUT2D eigenvalue weighted by molar-refractivity contribution is 1.20. The minimum Gasteiger partial charge on any atom is -0.308 e. The molecule has 0 aliphatic rings. The van der Waals surface area contributed by atoms with Crippen LogP contribution in [0.1, 0.15) is 11.3 Å². The van der Waals surface area contributed by atoms with E-state index in [2.05, 4.69) is 4.98 Å². The topological polar surface area (TPSA) is 36.7 Å². The lowest BCUT2D eigenvalue weighted by Gasteiger charge is -1.89. The fourth-order valence-corrected chi connectivity index (χ4v) is 0.565. The maximum Gasteiger partial charge on any atom is 0.0373 e. The molecule has 1 heterocycles. The van der Waals surface area contributed by atoms with Gasteiger partial charge in [-0.1, -0.05) is 6.07 Å². The number of pyridine rings is 1. The Labute approximate surface area is 54.1 Å². The van der Waals surface area contributed by atoms with Crippen LogP contribution in [0.4, 0.5) is 0 Å². The van der Waals surface area contributed by atoms with E-state index in [-0.39, 0.29) is 0 Å². The molecule has 0 radical (unpaired) electrons. The fourth-order valence-electron chi connectivity index (χ4n) is 0.565. The van der Waals surface area contributed by atoms with Crippen LogP contribution in [-0.2, 0) is 0 Å². The van der Waals surface area contributed by atoms with Crippen molar-refractivity contribution >= 4 is 6.21 Å². The third kappa shape index (κ3) is 1.35. The molecule has 2 nitrogen and oxygen atoms in total. The maximum atomic E-state index is 6.85. The number of nitrogens with one attached hydrogen (secondary N) is 1. The Morgan fingerprint density at radius 2 is 2.33 bits per heavy atom. The Morgan fingerprint density at radius 3 is 2.78 bits per heavy atom. The molecule has 0 fully saturated rings. The Bertz CT molecular complexity index is 201. The second kappa shape index (κ2) is 2.40. The molecule has 1 aromatic heterocycles. The van der Waals surface area contributed by atoms with Gasteiger partial charge in [-0.3, -0.25) is 4.98 Å². The third-order valence-electron chi connectivity index (χ3n) is 1.10. The van der Waals surface area contributed by atoms with E-state index in [4.69, 9.17) is 5.41 Å². The highest BCUT2D eigenvalue weighted by Crippen LogP contribution is 1.94. The van der Waals surface area contributed by atoms with Gasteiger partial charge in [0.05, 0.1) is 0 Å². The first-order valence-electron chi connectivity index (χ1n) is 2.76. The van der Waals surface area contributed by atoms with Crippen molar-refractivity contribution in [2.24, 2.45) is 0 Å². The lowest BCUT2D eigenvalue weighted by atomic mass is 10.3. The first kappa shape index (κ1) is 5.95. The Morgan fingerprint density at radius 1 is 1.56 bits per heavy atom. The van der Waals surface area contributed by atoms with Crippen molar-refractivity contribution in [1.82, 2.24) is 4.98 Å². The van der Waals surface area contributed by atoms with Gasteiger partial charge in [-0.25, -0.2) is 0 Å². The molecule has 0 unspecified atom stereocenters. The van der Waals surface area contributed by atoms with Crippen LogP contribution in [0.2, 0.25) is 0 Å². The molecule has 0 aromatic carbocycles. The van der Waals surface area contributed by atoms with E-state index in [9.17, 15) is 0 Å². The molecule has 0 spiro atoms. The normalized spacial score (nSPS) is 9.00. The Hall–Kier alpha value is -1.18. The Balaban J connectivity index is 3.01. The summed E-state index contributed by atoms with van der Waals surface area (Å²) in [4.78, 5) is 4.00. The summed E-state index contributed by atoms with van der Waals surface area (Å²) < 4.78 is 0. The average molecular weight is 120 g/mol. The first-order valence-corrected chi connectivity index (χ1v) is 2.76. The van der Waals surface area contributed by atoms with E-state index in [0.29, 0.717) is 0 Å². The SMILES string of the molecule is Cc1ccc(C=N)cn1. The van der Waals surface area contributed by atoms with Gasteiger partial charge in [0.2, 0.25) is 0 Å². The number of rotatable bonds is 1. The molecule has 1 rings (SSSR count). The van der Waals surface area contributed by atoms with Crippen LogP contribution in [0.3, 0.4) is 0 Å². The van der Waals surface area contributed by atoms with Crippen LogP contribution in [0.25, 0.3) is 0 Å². The summed E-state index contributed by atoms with van der Waals surface area (Å²) in [6.07, 6.45) is 2.97. The summed E-state index contributed by atoms with van der Waals surface area (Å²) in [6.45, 7) is 1.92. The smallest absolute Gasteiger partial charge is 0.0373 e. The van der Waals surface area contributed by atoms with Crippen molar-refractivity contribution in [2.45, 2.75) is 6.92 Å². The van der Waals surface area contributed by atoms with Crippen molar-refractivity contribution in [3.63, 3.8) is 0 Å². The van der Waals surface area contributed by atoms with E-state index in [1.54, 1.807) is 6.20 Å². The monoisotopic (exact) mass is 120 g/mol. The van der Waals surface area contributed by atoms with Crippen LogP contribution >= 0.6 is 0 Å². The summed E-state index contributed by atoms with van der Waals surface area (Å²) in [5, 5.41) is 6.85. The molecule has 0 aliphatic heterocycles. The minimum atomic E-state index is 0.848. The molecule has 1 aromatic rings. The quantitative estimate of drug-likeness (QED) is 0.558. The van der Waals surface area contributed by atoms with Gasteiger partial charge < -0.3 is 5.41 Å². The van der Waals surface area contributed by atoms with Crippen LogP contribution in [-0.4, -0.2) is 11.2 Å². The summed E-state index contributed by atoms with van der Waals surface area (Å²) in [5.41, 5.74) is 1.83. The van der Waals surface area contributed by atoms with E-state index >= 15 is 0 Å². The van der Waals surface area contributed by atoms with Gasteiger partial charge >= 0.3 is 0 Å². The van der Waals surface area contributed by atoms with E-state index in [1.807, 2.05) is 19.1 Å². The second-order valence-electron chi connectivity index (χ2n) is 1.88. The highest BCUT2D eigenvalue weighted by atomic mass is 14.7. The summed E-state index contributed by atoms with van der Waals surface area (Å²) in [7, 11) is 0. The van der Waals surface area contributed by atoms with Crippen LogP contribution in [0.5, 0.6) is 0 Å². The predicted octanol–water partition coefficient (Wildman–Crippen LogP) is 1.39. The Kier molecular flexibility index (Phi) is 1.58. The summed E-state index contributed by atoms with van der Waals surface area (Å²) >= 11 is 0. The number of aryl methyl sites for hydroxylation is 1. The molecule has 0 saturated carbocycles. The third-order valence-corrected chi connectivity index (χ3v) is 1.10. The van der Waals surface area contributed by atoms with E-state index < -0.39 is 0 Å². The zero-order valence-electron chi connectivity index (χ0n) is 5.26. The number of hydrogen-bond acceptors (Lipinski definition) is 2. The standard InChI is InChI=1S/C7H8N2/c1-6-2-3-7(4-8)5-9-6/h2-5,8H,1H3. The number of nitrogens with zero attached hydrogens (tertiary/aromatic N) is 1. The molecular weight excluding hydrogens is 112 g/mol. The van der Waals surface area contributed by atoms with Gasteiger partial charge in [0.15, 0.2) is 0 Å². The molecule has 46 valence electrons. The highest BCUT2D eigenvalue weighted by Gasteiger charge is 1.84. The van der Waals surface area contributed by atoms with Crippen LogP contribution < -0.4 is 0 Å². The molecule has 2 heteroatoms. The lowest BCUT2D eigenvalue weighted by Crippen LogP contribution is -1.83. The molecule has 0 saturated heterocycles. The molecule has 0 atom stereocenters. The summed E-state index contributed by atoms with van der Waals surface area (Å²) in [5.74, 6) is 0. The molecule has 1 N–H and O–H groups in total. The average Bonchev–Trinajstić information content (AvgIpc) is 1.90. The zero-order valence-corrected chi connectivity index (χ0v) is 5.26. The predicted molar refractivity (Wildman–Crippen MR) is 36.9 cm³/mol. The summed E-state index contributed by atoms with van der Waals surface area (Å²) in [6, 6.07) is 3.76. The van der Waals surface area contributed by atoms with Crippen LogP contribution in [0, 0.1) is 12.3 Å². The van der Waals surface area contributed by atoms with Gasteiger partial charge in [-0.15, -0.1) is 0 Å². The van der Waals surface area contributed by atoms with Crippen molar-refractivity contribution in [3.05, 3.63) is 29.6 Å². The van der Waals surface area contributed by atoms with E-state index in [0.717, 1.165) is 11.3 Å². The molecule has 0 amide bonds. The van der Waals surface area contributed by atoms with Gasteiger partial charge in [0, 0.05) is 23.7 Å². The number of aromatic nitrogens is 1. The van der Waals surface area contributed by atoms with Gasteiger partial charge in [-0.2, -0.15) is 0 Å². The fraction of sp³-hybridized carbons (Fsp3) is 0.143. The van der Waals surface area contributed by atoms with Crippen molar-refractivity contribution in [1.29, 1.82) is 5.41 Å². The highest BCUT2D eigenvalue weighted by molar-refractivity contribution is 5.76. The van der Waals surface area contributed by atoms with Crippen molar-refractivity contribution in [2.75, 3.05) is 0 Å². The molecular formula is C7H8N2. The van der Waals surface area contributed by atoms with Crippen LogP contribution in [0.15, 0.2) is 18.3 Å². The van der Waals surface area contributed by atoms with Crippen molar-refractivity contribution in [3.8, 4) is 0 Å².